The van der Waals surface area contributed by atoms with E-state index in [0.717, 1.165) is 22.4 Å². The Bertz CT molecular complexity index is 1100. The molecule has 5 nitrogen and oxygen atoms in total. The van der Waals surface area contributed by atoms with Crippen molar-refractivity contribution in [3.63, 3.8) is 0 Å². The van der Waals surface area contributed by atoms with Crippen molar-refractivity contribution in [3.8, 4) is 5.75 Å². The molecule has 166 valence electrons. The second kappa shape index (κ2) is 9.57. The molecule has 1 aromatic heterocycles. The zero-order chi connectivity index (χ0) is 22.7. The number of hydrogen-bond acceptors (Lipinski definition) is 5. The molecule has 0 saturated heterocycles. The predicted molar refractivity (Wildman–Crippen MR) is 125 cm³/mol. The van der Waals surface area contributed by atoms with Gasteiger partial charge in [0.1, 0.15) is 18.4 Å². The second-order valence-electron chi connectivity index (χ2n) is 8.28. The maximum absolute atomic E-state index is 13.3. The number of thiophene rings is 1. The highest BCUT2D eigenvalue weighted by Crippen LogP contribution is 2.28. The third-order valence-electron chi connectivity index (χ3n) is 5.80. The lowest BCUT2D eigenvalue weighted by molar-refractivity contribution is -0.146. The van der Waals surface area contributed by atoms with E-state index in [1.54, 1.807) is 4.90 Å². The number of amides is 1. The van der Waals surface area contributed by atoms with Crippen molar-refractivity contribution in [3.05, 3.63) is 87.1 Å². The van der Waals surface area contributed by atoms with Crippen molar-refractivity contribution >= 4 is 23.2 Å². The Hall–Kier alpha value is -3.12. The SMILES string of the molecule is COC(=O)C1Cc2ccccc2CN1C(=O)c1cc(COc2ccc(C(C)C)cc2)cs1. The summed E-state index contributed by atoms with van der Waals surface area (Å²) in [7, 11) is 1.36. The Labute approximate surface area is 192 Å². The minimum atomic E-state index is -0.622. The second-order valence-corrected chi connectivity index (χ2v) is 9.19. The van der Waals surface area contributed by atoms with Gasteiger partial charge in [-0.2, -0.15) is 0 Å². The molecule has 2 heterocycles. The summed E-state index contributed by atoms with van der Waals surface area (Å²) in [6, 6.07) is 17.2. The molecule has 4 rings (SSSR count). The van der Waals surface area contributed by atoms with E-state index in [9.17, 15) is 9.59 Å². The largest absolute Gasteiger partial charge is 0.489 e. The quantitative estimate of drug-likeness (QED) is 0.486. The number of esters is 1. The minimum Gasteiger partial charge on any atom is -0.489 e. The third kappa shape index (κ3) is 4.70. The van der Waals surface area contributed by atoms with E-state index in [1.165, 1.54) is 24.0 Å². The number of hydrogen-bond donors (Lipinski definition) is 0. The van der Waals surface area contributed by atoms with E-state index in [0.29, 0.717) is 30.4 Å². The molecule has 0 spiro atoms. The Morgan fingerprint density at radius 2 is 1.81 bits per heavy atom. The summed E-state index contributed by atoms with van der Waals surface area (Å²) in [5.41, 5.74) is 4.34. The van der Waals surface area contributed by atoms with Crippen LogP contribution in [0.3, 0.4) is 0 Å². The normalized spacial score (nSPS) is 15.4. The fraction of sp³-hybridized carbons (Fsp3) is 0.308. The first-order valence-corrected chi connectivity index (χ1v) is 11.6. The summed E-state index contributed by atoms with van der Waals surface area (Å²) in [5.74, 6) is 0.724. The molecule has 0 aliphatic carbocycles. The van der Waals surface area contributed by atoms with Crippen LogP contribution in [0.2, 0.25) is 0 Å². The molecule has 0 saturated carbocycles. The Morgan fingerprint density at radius 1 is 1.09 bits per heavy atom. The average molecular weight is 450 g/mol. The van der Waals surface area contributed by atoms with Crippen molar-refractivity contribution < 1.29 is 19.1 Å². The molecule has 6 heteroatoms. The minimum absolute atomic E-state index is 0.160. The van der Waals surface area contributed by atoms with Gasteiger partial charge >= 0.3 is 5.97 Å². The molecule has 1 aliphatic rings. The maximum atomic E-state index is 13.3. The van der Waals surface area contributed by atoms with E-state index in [2.05, 4.69) is 26.0 Å². The monoisotopic (exact) mass is 449 g/mol. The number of methoxy groups -OCH3 is 1. The highest BCUT2D eigenvalue weighted by molar-refractivity contribution is 7.12. The lowest BCUT2D eigenvalue weighted by atomic mass is 9.93. The lowest BCUT2D eigenvalue weighted by Gasteiger charge is -2.34. The number of fused-ring (bicyclic) bond motifs is 1. The number of ether oxygens (including phenoxy) is 2. The van der Waals surface area contributed by atoms with Crippen molar-refractivity contribution in [1.29, 1.82) is 0 Å². The van der Waals surface area contributed by atoms with Crippen LogP contribution in [-0.4, -0.2) is 29.9 Å². The predicted octanol–water partition coefficient (Wildman–Crippen LogP) is 5.19. The van der Waals surface area contributed by atoms with Crippen molar-refractivity contribution in [2.45, 2.75) is 45.4 Å². The van der Waals surface area contributed by atoms with E-state index < -0.39 is 12.0 Å². The van der Waals surface area contributed by atoms with Crippen LogP contribution in [0.1, 0.15) is 51.7 Å². The topological polar surface area (TPSA) is 55.8 Å². The summed E-state index contributed by atoms with van der Waals surface area (Å²) < 4.78 is 10.9. The van der Waals surface area contributed by atoms with Crippen LogP contribution in [0, 0.1) is 0 Å². The lowest BCUT2D eigenvalue weighted by Crippen LogP contribution is -2.49. The van der Waals surface area contributed by atoms with Crippen LogP contribution in [0.5, 0.6) is 5.75 Å². The van der Waals surface area contributed by atoms with Gasteiger partial charge in [0.25, 0.3) is 5.91 Å². The van der Waals surface area contributed by atoms with Gasteiger partial charge in [0.05, 0.1) is 12.0 Å². The standard InChI is InChI=1S/C26H27NO4S/c1-17(2)19-8-10-22(11-9-19)31-15-18-12-24(32-16-18)25(28)27-14-21-7-5-4-6-20(21)13-23(27)26(29)30-3/h4-12,16-17,23H,13-15H2,1-3H3. The maximum Gasteiger partial charge on any atom is 0.328 e. The molecule has 1 amide bonds. The fourth-order valence-corrected chi connectivity index (χ4v) is 4.76. The zero-order valence-electron chi connectivity index (χ0n) is 18.5. The van der Waals surface area contributed by atoms with Crippen LogP contribution in [0.4, 0.5) is 0 Å². The molecule has 1 atom stereocenters. The van der Waals surface area contributed by atoms with Gasteiger partial charge in [-0.15, -0.1) is 11.3 Å². The van der Waals surface area contributed by atoms with Crippen LogP contribution < -0.4 is 4.74 Å². The Balaban J connectivity index is 1.46. The van der Waals surface area contributed by atoms with Crippen LogP contribution in [-0.2, 0) is 29.1 Å². The third-order valence-corrected chi connectivity index (χ3v) is 6.77. The highest BCUT2D eigenvalue weighted by atomic mass is 32.1. The van der Waals surface area contributed by atoms with Crippen LogP contribution >= 0.6 is 11.3 Å². The summed E-state index contributed by atoms with van der Waals surface area (Å²) in [6.07, 6.45) is 0.461. The Morgan fingerprint density at radius 3 is 2.50 bits per heavy atom. The molecule has 32 heavy (non-hydrogen) atoms. The molecule has 0 radical (unpaired) electrons. The summed E-state index contributed by atoms with van der Waals surface area (Å²) in [5, 5.41) is 1.93. The molecular weight excluding hydrogens is 422 g/mol. The van der Waals surface area contributed by atoms with Gasteiger partial charge in [-0.05, 0) is 46.2 Å². The number of carbonyl (C=O) groups excluding carboxylic acids is 2. The average Bonchev–Trinajstić information content (AvgIpc) is 3.30. The first kappa shape index (κ1) is 22.1. The first-order chi connectivity index (χ1) is 15.5. The smallest absolute Gasteiger partial charge is 0.328 e. The van der Waals surface area contributed by atoms with Gasteiger partial charge in [0, 0.05) is 18.5 Å². The van der Waals surface area contributed by atoms with Gasteiger partial charge in [0.15, 0.2) is 0 Å². The number of carbonyl (C=O) groups is 2. The molecular formula is C26H27NO4S. The number of nitrogens with zero attached hydrogens (tertiary/aromatic N) is 1. The Kier molecular flexibility index (Phi) is 6.61. The number of rotatable bonds is 6. The van der Waals surface area contributed by atoms with Crippen LogP contribution in [0.15, 0.2) is 60.0 Å². The van der Waals surface area contributed by atoms with Crippen LogP contribution in [0.25, 0.3) is 0 Å². The molecule has 1 aliphatic heterocycles. The number of benzene rings is 2. The van der Waals surface area contributed by atoms with E-state index >= 15 is 0 Å². The summed E-state index contributed by atoms with van der Waals surface area (Å²) >= 11 is 1.37. The summed E-state index contributed by atoms with van der Waals surface area (Å²) in [4.78, 5) is 27.9. The molecule has 2 aromatic carbocycles. The highest BCUT2D eigenvalue weighted by Gasteiger charge is 2.36. The van der Waals surface area contributed by atoms with Gasteiger partial charge in [-0.3, -0.25) is 4.79 Å². The molecule has 0 fully saturated rings. The van der Waals surface area contributed by atoms with Gasteiger partial charge in [-0.1, -0.05) is 50.2 Å². The summed E-state index contributed by atoms with van der Waals surface area (Å²) in [6.45, 7) is 5.09. The van der Waals surface area contributed by atoms with E-state index in [-0.39, 0.29) is 5.91 Å². The van der Waals surface area contributed by atoms with Crippen molar-refractivity contribution in [2.24, 2.45) is 0 Å². The zero-order valence-corrected chi connectivity index (χ0v) is 19.4. The van der Waals surface area contributed by atoms with Gasteiger partial charge < -0.3 is 14.4 Å². The first-order valence-electron chi connectivity index (χ1n) is 10.7. The van der Waals surface area contributed by atoms with Gasteiger partial charge in [-0.25, -0.2) is 4.79 Å². The molecule has 1 unspecified atom stereocenters. The molecule has 0 N–H and O–H groups in total. The van der Waals surface area contributed by atoms with E-state index in [1.807, 2.05) is 47.8 Å². The van der Waals surface area contributed by atoms with E-state index in [4.69, 9.17) is 9.47 Å². The van der Waals surface area contributed by atoms with Crippen molar-refractivity contribution in [2.75, 3.05) is 7.11 Å². The van der Waals surface area contributed by atoms with Crippen molar-refractivity contribution in [1.82, 2.24) is 4.90 Å². The molecule has 0 bridgehead atoms. The fourth-order valence-electron chi connectivity index (χ4n) is 3.90. The van der Waals surface area contributed by atoms with Gasteiger partial charge in [0.2, 0.25) is 0 Å². The molecule has 3 aromatic rings.